The molecule has 8 heteroatoms. The average Bonchev–Trinajstić information content (AvgIpc) is 3.00. The molecule has 140 valence electrons. The van der Waals surface area contributed by atoms with Crippen molar-refractivity contribution in [3.05, 3.63) is 58.6 Å². The van der Waals surface area contributed by atoms with Crippen LogP contribution < -0.4 is 4.80 Å². The van der Waals surface area contributed by atoms with Gasteiger partial charge >= 0.3 is 5.97 Å². The SMILES string of the molecule is COC(=O)Cn1c(=NC(=O)Cc2ccc(SC)cc2)sc2cccc(F)c21. The molecule has 27 heavy (non-hydrogen) atoms. The molecule has 2 aromatic carbocycles. The van der Waals surface area contributed by atoms with Crippen LogP contribution in [0.25, 0.3) is 10.2 Å². The van der Waals surface area contributed by atoms with Gasteiger partial charge in [-0.1, -0.05) is 29.5 Å². The highest BCUT2D eigenvalue weighted by Gasteiger charge is 2.15. The van der Waals surface area contributed by atoms with E-state index in [9.17, 15) is 14.0 Å². The molecular weight excluding hydrogens is 387 g/mol. The number of hydrogen-bond donors (Lipinski definition) is 0. The number of thiazole rings is 1. The Kier molecular flexibility index (Phi) is 6.08. The Morgan fingerprint density at radius 1 is 1.22 bits per heavy atom. The number of nitrogens with zero attached hydrogens (tertiary/aromatic N) is 2. The van der Waals surface area contributed by atoms with Gasteiger partial charge in [-0.2, -0.15) is 4.99 Å². The summed E-state index contributed by atoms with van der Waals surface area (Å²) in [4.78, 5) is 29.7. The fourth-order valence-electron chi connectivity index (χ4n) is 2.58. The van der Waals surface area contributed by atoms with Crippen LogP contribution in [-0.2, 0) is 27.3 Å². The number of fused-ring (bicyclic) bond motifs is 1. The van der Waals surface area contributed by atoms with Gasteiger partial charge in [-0.25, -0.2) is 4.39 Å². The Balaban J connectivity index is 1.98. The summed E-state index contributed by atoms with van der Waals surface area (Å²) in [6.07, 6.45) is 2.11. The van der Waals surface area contributed by atoms with Crippen molar-refractivity contribution in [2.45, 2.75) is 17.9 Å². The molecule has 3 aromatic rings. The molecule has 0 radical (unpaired) electrons. The molecule has 0 unspecified atom stereocenters. The maximum atomic E-state index is 14.3. The molecule has 3 rings (SSSR count). The van der Waals surface area contributed by atoms with E-state index in [2.05, 4.69) is 9.73 Å². The highest BCUT2D eigenvalue weighted by atomic mass is 32.2. The first-order valence-electron chi connectivity index (χ1n) is 8.07. The monoisotopic (exact) mass is 404 g/mol. The van der Waals surface area contributed by atoms with Gasteiger partial charge in [-0.05, 0) is 36.1 Å². The number of benzene rings is 2. The molecule has 1 amide bonds. The topological polar surface area (TPSA) is 60.7 Å². The Labute approximate surface area is 163 Å². The van der Waals surface area contributed by atoms with Gasteiger partial charge in [0.05, 0.1) is 23.7 Å². The number of aromatic nitrogens is 1. The van der Waals surface area contributed by atoms with Gasteiger partial charge in [0.25, 0.3) is 5.91 Å². The normalized spacial score (nSPS) is 11.7. The van der Waals surface area contributed by atoms with Crippen molar-refractivity contribution < 1.29 is 18.7 Å². The van der Waals surface area contributed by atoms with Gasteiger partial charge in [0.2, 0.25) is 0 Å². The molecule has 0 atom stereocenters. The van der Waals surface area contributed by atoms with E-state index in [0.717, 1.165) is 21.8 Å². The van der Waals surface area contributed by atoms with Gasteiger partial charge in [0.1, 0.15) is 12.4 Å². The fourth-order valence-corrected chi connectivity index (χ4v) is 4.05. The zero-order chi connectivity index (χ0) is 19.4. The second-order valence-corrected chi connectivity index (χ2v) is 7.55. The predicted octanol–water partition coefficient (Wildman–Crippen LogP) is 3.41. The highest BCUT2D eigenvalue weighted by Crippen LogP contribution is 2.20. The number of carbonyl (C=O) groups is 2. The maximum Gasteiger partial charge on any atom is 0.325 e. The number of halogens is 1. The molecule has 5 nitrogen and oxygen atoms in total. The molecule has 0 fully saturated rings. The fraction of sp³-hybridized carbons (Fsp3) is 0.211. The summed E-state index contributed by atoms with van der Waals surface area (Å²) < 4.78 is 20.9. The Morgan fingerprint density at radius 2 is 1.96 bits per heavy atom. The van der Waals surface area contributed by atoms with E-state index in [-0.39, 0.29) is 29.2 Å². The zero-order valence-electron chi connectivity index (χ0n) is 14.8. The van der Waals surface area contributed by atoms with Gasteiger partial charge in [-0.3, -0.25) is 9.59 Å². The van der Waals surface area contributed by atoms with Crippen LogP contribution >= 0.6 is 23.1 Å². The number of hydrogen-bond acceptors (Lipinski definition) is 5. The Bertz CT molecular complexity index is 1050. The van der Waals surface area contributed by atoms with Crippen LogP contribution in [0.4, 0.5) is 4.39 Å². The maximum absolute atomic E-state index is 14.3. The van der Waals surface area contributed by atoms with Crippen molar-refractivity contribution in [2.24, 2.45) is 4.99 Å². The molecule has 1 aromatic heterocycles. The molecule has 0 aliphatic heterocycles. The van der Waals surface area contributed by atoms with Crippen molar-refractivity contribution in [1.29, 1.82) is 0 Å². The third-order valence-electron chi connectivity index (χ3n) is 3.90. The lowest BCUT2D eigenvalue weighted by Crippen LogP contribution is -2.23. The minimum Gasteiger partial charge on any atom is -0.468 e. The van der Waals surface area contributed by atoms with Crippen LogP contribution in [0, 0.1) is 5.82 Å². The minimum absolute atomic E-state index is 0.129. The van der Waals surface area contributed by atoms with Crippen LogP contribution in [0.2, 0.25) is 0 Å². The standard InChI is InChI=1S/C19H17FN2O3S2/c1-25-17(24)11-22-18-14(20)4-3-5-15(18)27-19(22)21-16(23)10-12-6-8-13(26-2)9-7-12/h3-9H,10-11H2,1-2H3. The van der Waals surface area contributed by atoms with Gasteiger partial charge < -0.3 is 9.30 Å². The third kappa shape index (κ3) is 4.45. The molecule has 0 saturated heterocycles. The van der Waals surface area contributed by atoms with E-state index >= 15 is 0 Å². The lowest BCUT2D eigenvalue weighted by Gasteiger charge is -2.04. The van der Waals surface area contributed by atoms with E-state index < -0.39 is 11.8 Å². The minimum atomic E-state index is -0.542. The number of amides is 1. The van der Waals surface area contributed by atoms with Gasteiger partial charge in [0, 0.05) is 4.90 Å². The summed E-state index contributed by atoms with van der Waals surface area (Å²) in [5, 5.41) is 0. The van der Waals surface area contributed by atoms with Gasteiger partial charge in [0.15, 0.2) is 4.80 Å². The molecule has 0 bridgehead atoms. The molecule has 0 N–H and O–H groups in total. The summed E-state index contributed by atoms with van der Waals surface area (Å²) in [5.41, 5.74) is 1.08. The van der Waals surface area contributed by atoms with Crippen molar-refractivity contribution in [1.82, 2.24) is 4.57 Å². The lowest BCUT2D eigenvalue weighted by molar-refractivity contribution is -0.141. The van der Waals surface area contributed by atoms with Crippen LogP contribution in [0.5, 0.6) is 0 Å². The summed E-state index contributed by atoms with van der Waals surface area (Å²) in [6, 6.07) is 12.3. The predicted molar refractivity (Wildman–Crippen MR) is 104 cm³/mol. The summed E-state index contributed by atoms with van der Waals surface area (Å²) in [5.74, 6) is -1.38. The van der Waals surface area contributed by atoms with E-state index in [0.29, 0.717) is 4.70 Å². The zero-order valence-corrected chi connectivity index (χ0v) is 16.4. The number of esters is 1. The second-order valence-electron chi connectivity index (χ2n) is 5.66. The number of ether oxygens (including phenoxy) is 1. The van der Waals surface area contributed by atoms with E-state index in [1.54, 1.807) is 23.9 Å². The summed E-state index contributed by atoms with van der Waals surface area (Å²) >= 11 is 2.78. The summed E-state index contributed by atoms with van der Waals surface area (Å²) in [6.45, 7) is -0.216. The number of carbonyl (C=O) groups excluding carboxylic acids is 2. The van der Waals surface area contributed by atoms with Gasteiger partial charge in [-0.15, -0.1) is 11.8 Å². The van der Waals surface area contributed by atoms with Crippen LogP contribution in [0.3, 0.4) is 0 Å². The molecule has 0 aliphatic rings. The Morgan fingerprint density at radius 3 is 2.63 bits per heavy atom. The smallest absolute Gasteiger partial charge is 0.325 e. The number of para-hydroxylation sites is 1. The average molecular weight is 404 g/mol. The van der Waals surface area contributed by atoms with Crippen molar-refractivity contribution in [2.75, 3.05) is 13.4 Å². The highest BCUT2D eigenvalue weighted by molar-refractivity contribution is 7.98. The number of methoxy groups -OCH3 is 1. The van der Waals surface area contributed by atoms with Crippen molar-refractivity contribution in [3.63, 3.8) is 0 Å². The second kappa shape index (κ2) is 8.49. The summed E-state index contributed by atoms with van der Waals surface area (Å²) in [7, 11) is 1.26. The van der Waals surface area contributed by atoms with E-state index in [1.165, 1.54) is 17.7 Å². The Hall–Kier alpha value is -2.45. The largest absolute Gasteiger partial charge is 0.468 e. The lowest BCUT2D eigenvalue weighted by atomic mass is 10.1. The molecule has 0 aliphatic carbocycles. The quantitative estimate of drug-likeness (QED) is 0.483. The molecular formula is C19H17FN2O3S2. The number of thioether (sulfide) groups is 1. The van der Waals surface area contributed by atoms with Crippen molar-refractivity contribution >= 4 is 45.2 Å². The first kappa shape index (κ1) is 19.3. The van der Waals surface area contributed by atoms with E-state index in [1.807, 2.05) is 30.5 Å². The van der Waals surface area contributed by atoms with E-state index in [4.69, 9.17) is 0 Å². The first-order chi connectivity index (χ1) is 13.0. The third-order valence-corrected chi connectivity index (χ3v) is 5.69. The van der Waals surface area contributed by atoms with Crippen LogP contribution in [-0.4, -0.2) is 29.8 Å². The van der Waals surface area contributed by atoms with Crippen LogP contribution in [0.1, 0.15) is 5.56 Å². The van der Waals surface area contributed by atoms with Crippen molar-refractivity contribution in [3.8, 4) is 0 Å². The molecule has 0 spiro atoms. The number of rotatable bonds is 5. The molecule has 0 saturated carbocycles. The molecule has 1 heterocycles. The first-order valence-corrected chi connectivity index (χ1v) is 10.1. The van der Waals surface area contributed by atoms with Crippen LogP contribution in [0.15, 0.2) is 52.4 Å².